The SMILES string of the molecule is CC1CN(C(=O)Nc2cccnn2)CC/C1=C\c1cccc(Oc2ncc(Br)cn2)c1. The van der Waals surface area contributed by atoms with Gasteiger partial charge in [-0.3, -0.25) is 5.32 Å². The van der Waals surface area contributed by atoms with Crippen LogP contribution < -0.4 is 10.1 Å². The highest BCUT2D eigenvalue weighted by molar-refractivity contribution is 9.10. The number of halogens is 1. The average molecular weight is 481 g/mol. The fourth-order valence-corrected chi connectivity index (χ4v) is 3.55. The lowest BCUT2D eigenvalue weighted by atomic mass is 9.91. The van der Waals surface area contributed by atoms with Crippen LogP contribution in [0.25, 0.3) is 6.08 Å². The number of amides is 2. The minimum absolute atomic E-state index is 0.156. The van der Waals surface area contributed by atoms with E-state index in [1.165, 1.54) is 5.57 Å². The number of ether oxygens (including phenoxy) is 1. The zero-order valence-corrected chi connectivity index (χ0v) is 18.5. The van der Waals surface area contributed by atoms with Crippen molar-refractivity contribution in [3.05, 3.63) is 70.6 Å². The Labute approximate surface area is 188 Å². The molecule has 2 aromatic heterocycles. The van der Waals surface area contributed by atoms with Crippen LogP contribution in [0.2, 0.25) is 0 Å². The Morgan fingerprint density at radius 3 is 2.84 bits per heavy atom. The Hall–Kier alpha value is -3.33. The van der Waals surface area contributed by atoms with Gasteiger partial charge in [0.05, 0.1) is 4.47 Å². The number of likely N-dealkylation sites (tertiary alicyclic amines) is 1. The molecule has 3 heterocycles. The second-order valence-corrected chi connectivity index (χ2v) is 8.13. The number of hydrogen-bond acceptors (Lipinski definition) is 6. The van der Waals surface area contributed by atoms with E-state index in [1.54, 1.807) is 35.6 Å². The lowest BCUT2D eigenvalue weighted by molar-refractivity contribution is 0.197. The van der Waals surface area contributed by atoms with Gasteiger partial charge in [0, 0.05) is 31.7 Å². The molecule has 0 bridgehead atoms. The highest BCUT2D eigenvalue weighted by atomic mass is 79.9. The first-order valence-corrected chi connectivity index (χ1v) is 10.7. The van der Waals surface area contributed by atoms with Gasteiger partial charge in [-0.2, -0.15) is 5.10 Å². The van der Waals surface area contributed by atoms with E-state index in [9.17, 15) is 4.79 Å². The van der Waals surface area contributed by atoms with Crippen molar-refractivity contribution >= 4 is 33.9 Å². The van der Waals surface area contributed by atoms with Crippen molar-refractivity contribution in [1.29, 1.82) is 0 Å². The summed E-state index contributed by atoms with van der Waals surface area (Å²) in [5.41, 5.74) is 2.33. The molecule has 0 saturated carbocycles. The summed E-state index contributed by atoms with van der Waals surface area (Å²) in [5, 5.41) is 10.5. The van der Waals surface area contributed by atoms with E-state index >= 15 is 0 Å². The van der Waals surface area contributed by atoms with Gasteiger partial charge in [0.2, 0.25) is 0 Å². The second kappa shape index (κ2) is 9.65. The summed E-state index contributed by atoms with van der Waals surface area (Å²) >= 11 is 3.31. The summed E-state index contributed by atoms with van der Waals surface area (Å²) in [6.45, 7) is 3.41. The van der Waals surface area contributed by atoms with Crippen molar-refractivity contribution < 1.29 is 9.53 Å². The molecular formula is C22H21BrN6O2. The number of urea groups is 1. The van der Waals surface area contributed by atoms with Crippen LogP contribution >= 0.6 is 15.9 Å². The quantitative estimate of drug-likeness (QED) is 0.577. The maximum Gasteiger partial charge on any atom is 0.323 e. The van der Waals surface area contributed by atoms with Gasteiger partial charge in [0.25, 0.3) is 0 Å². The van der Waals surface area contributed by atoms with Gasteiger partial charge in [-0.1, -0.05) is 30.7 Å². The van der Waals surface area contributed by atoms with E-state index in [-0.39, 0.29) is 11.9 Å². The molecule has 4 rings (SSSR count). The van der Waals surface area contributed by atoms with Crippen LogP contribution in [0.15, 0.2) is 65.0 Å². The number of carbonyl (C=O) groups is 1. The summed E-state index contributed by atoms with van der Waals surface area (Å²) in [6.07, 6.45) is 7.82. The number of anilines is 1. The first-order valence-electron chi connectivity index (χ1n) is 9.86. The molecule has 1 unspecified atom stereocenters. The number of nitrogens with zero attached hydrogens (tertiary/aromatic N) is 5. The summed E-state index contributed by atoms with van der Waals surface area (Å²) in [7, 11) is 0. The number of rotatable bonds is 4. The van der Waals surface area contributed by atoms with E-state index in [1.807, 2.05) is 24.3 Å². The summed E-state index contributed by atoms with van der Waals surface area (Å²) in [6, 6.07) is 11.4. The van der Waals surface area contributed by atoms with Gasteiger partial charge in [-0.25, -0.2) is 14.8 Å². The molecule has 1 aliphatic heterocycles. The number of piperidine rings is 1. The van der Waals surface area contributed by atoms with Crippen molar-refractivity contribution in [2.45, 2.75) is 13.3 Å². The monoisotopic (exact) mass is 480 g/mol. The molecule has 158 valence electrons. The van der Waals surface area contributed by atoms with Crippen molar-refractivity contribution in [2.24, 2.45) is 5.92 Å². The Balaban J connectivity index is 1.39. The molecule has 0 radical (unpaired) electrons. The van der Waals surface area contributed by atoms with Crippen molar-refractivity contribution in [2.75, 3.05) is 18.4 Å². The van der Waals surface area contributed by atoms with Gasteiger partial charge in [0.15, 0.2) is 5.82 Å². The lowest BCUT2D eigenvalue weighted by Gasteiger charge is -2.33. The minimum Gasteiger partial charge on any atom is -0.424 e. The predicted molar refractivity (Wildman–Crippen MR) is 121 cm³/mol. The van der Waals surface area contributed by atoms with E-state index in [0.717, 1.165) is 16.5 Å². The normalized spacial score (nSPS) is 17.4. The number of aromatic nitrogens is 4. The molecule has 0 spiro atoms. The summed E-state index contributed by atoms with van der Waals surface area (Å²) < 4.78 is 6.55. The third kappa shape index (κ3) is 5.64. The molecule has 0 aliphatic carbocycles. The van der Waals surface area contributed by atoms with Crippen LogP contribution in [0, 0.1) is 5.92 Å². The Morgan fingerprint density at radius 1 is 1.26 bits per heavy atom. The fourth-order valence-electron chi connectivity index (χ4n) is 3.35. The second-order valence-electron chi connectivity index (χ2n) is 7.21. The zero-order valence-electron chi connectivity index (χ0n) is 16.9. The number of benzene rings is 1. The maximum absolute atomic E-state index is 12.5. The number of carbonyl (C=O) groups excluding carboxylic acids is 1. The Morgan fingerprint density at radius 2 is 2.10 bits per heavy atom. The van der Waals surface area contributed by atoms with Gasteiger partial charge in [-0.15, -0.1) is 5.10 Å². The molecule has 31 heavy (non-hydrogen) atoms. The number of nitrogens with one attached hydrogen (secondary N) is 1. The average Bonchev–Trinajstić information content (AvgIpc) is 2.78. The van der Waals surface area contributed by atoms with Crippen LogP contribution in [0.4, 0.5) is 10.6 Å². The van der Waals surface area contributed by atoms with E-state index in [4.69, 9.17) is 4.74 Å². The topological polar surface area (TPSA) is 93.1 Å². The Bertz CT molecular complexity index is 1070. The number of hydrogen-bond donors (Lipinski definition) is 1. The molecule has 1 aliphatic rings. The molecule has 3 aromatic rings. The van der Waals surface area contributed by atoms with Crippen molar-refractivity contribution in [1.82, 2.24) is 25.1 Å². The fraction of sp³-hybridized carbons (Fsp3) is 0.227. The lowest BCUT2D eigenvalue weighted by Crippen LogP contribution is -2.42. The van der Waals surface area contributed by atoms with Gasteiger partial charge < -0.3 is 9.64 Å². The van der Waals surface area contributed by atoms with Crippen LogP contribution in [0.3, 0.4) is 0 Å². The first-order chi connectivity index (χ1) is 15.1. The maximum atomic E-state index is 12.5. The summed E-state index contributed by atoms with van der Waals surface area (Å²) in [4.78, 5) is 22.6. The molecule has 8 nitrogen and oxygen atoms in total. The largest absolute Gasteiger partial charge is 0.424 e. The predicted octanol–water partition coefficient (Wildman–Crippen LogP) is 4.78. The van der Waals surface area contributed by atoms with Gasteiger partial charge in [-0.05, 0) is 58.1 Å². The molecule has 1 saturated heterocycles. The van der Waals surface area contributed by atoms with Crippen LogP contribution in [-0.4, -0.2) is 44.2 Å². The Kier molecular flexibility index (Phi) is 6.51. The van der Waals surface area contributed by atoms with Crippen LogP contribution in [-0.2, 0) is 0 Å². The van der Waals surface area contributed by atoms with Crippen molar-refractivity contribution in [3.63, 3.8) is 0 Å². The van der Waals surface area contributed by atoms with E-state index in [0.29, 0.717) is 30.7 Å². The van der Waals surface area contributed by atoms with Gasteiger partial charge in [0.1, 0.15) is 5.75 Å². The summed E-state index contributed by atoms with van der Waals surface area (Å²) in [5.74, 6) is 1.36. The molecular weight excluding hydrogens is 460 g/mol. The third-order valence-electron chi connectivity index (χ3n) is 4.91. The zero-order chi connectivity index (χ0) is 21.6. The highest BCUT2D eigenvalue weighted by Crippen LogP contribution is 2.27. The molecule has 1 fully saturated rings. The van der Waals surface area contributed by atoms with Gasteiger partial charge >= 0.3 is 12.0 Å². The first kappa shape index (κ1) is 20.9. The smallest absolute Gasteiger partial charge is 0.323 e. The third-order valence-corrected chi connectivity index (χ3v) is 5.32. The molecule has 9 heteroatoms. The van der Waals surface area contributed by atoms with E-state index < -0.39 is 0 Å². The highest BCUT2D eigenvalue weighted by Gasteiger charge is 2.24. The molecule has 2 amide bonds. The molecule has 1 atom stereocenters. The minimum atomic E-state index is -0.156. The van der Waals surface area contributed by atoms with Crippen LogP contribution in [0.1, 0.15) is 18.9 Å². The van der Waals surface area contributed by atoms with Crippen LogP contribution in [0.5, 0.6) is 11.8 Å². The van der Waals surface area contributed by atoms with Crippen molar-refractivity contribution in [3.8, 4) is 11.8 Å². The van der Waals surface area contributed by atoms with E-state index in [2.05, 4.69) is 54.4 Å². The molecule has 1 aromatic carbocycles. The molecule has 1 N–H and O–H groups in total. The standard InChI is InChI=1S/C22H21BrN6O2/c1-15-14-29(22(30)27-20-6-3-8-26-28-20)9-7-17(15)10-16-4-2-5-19(11-16)31-21-24-12-18(23)13-25-21/h2-6,8,10-13,15H,7,9,14H2,1H3,(H,27,28,30)/b17-10+.